The molecule has 0 unspecified atom stereocenters. The first-order valence-corrected chi connectivity index (χ1v) is 10.9. The van der Waals surface area contributed by atoms with Crippen LogP contribution in [0.1, 0.15) is 61.3 Å². The smallest absolute Gasteiger partial charge is 0.105 e. The van der Waals surface area contributed by atoms with Crippen molar-refractivity contribution < 1.29 is 0 Å². The van der Waals surface area contributed by atoms with Gasteiger partial charge in [0.2, 0.25) is 0 Å². The summed E-state index contributed by atoms with van der Waals surface area (Å²) in [6, 6.07) is 15.8. The number of amidine groups is 1. The fourth-order valence-corrected chi connectivity index (χ4v) is 6.31. The van der Waals surface area contributed by atoms with E-state index >= 15 is 0 Å². The SMILES string of the molecule is Cc1cccc(C)c1NC1=NC(C)(C)Cc2ccccc2[C@@H]2[C@H]3CC[C@H](C3)[C@H]12. The summed E-state index contributed by atoms with van der Waals surface area (Å²) in [4.78, 5) is 5.41. The molecule has 4 atom stereocenters. The van der Waals surface area contributed by atoms with Gasteiger partial charge in [-0.25, -0.2) is 0 Å². The topological polar surface area (TPSA) is 24.4 Å². The molecular formula is C26H32N2. The van der Waals surface area contributed by atoms with Gasteiger partial charge in [-0.2, -0.15) is 0 Å². The Morgan fingerprint density at radius 3 is 2.32 bits per heavy atom. The van der Waals surface area contributed by atoms with Crippen molar-refractivity contribution in [3.8, 4) is 0 Å². The van der Waals surface area contributed by atoms with E-state index in [0.29, 0.717) is 11.8 Å². The van der Waals surface area contributed by atoms with E-state index in [0.717, 1.165) is 18.3 Å². The van der Waals surface area contributed by atoms with Crippen molar-refractivity contribution in [1.29, 1.82) is 0 Å². The predicted octanol–water partition coefficient (Wildman–Crippen LogP) is 6.28. The van der Waals surface area contributed by atoms with Crippen molar-refractivity contribution in [1.82, 2.24) is 0 Å². The van der Waals surface area contributed by atoms with Crippen LogP contribution in [-0.2, 0) is 6.42 Å². The van der Waals surface area contributed by atoms with Gasteiger partial charge in [-0.3, -0.25) is 4.99 Å². The molecule has 28 heavy (non-hydrogen) atoms. The van der Waals surface area contributed by atoms with E-state index in [-0.39, 0.29) is 5.54 Å². The van der Waals surface area contributed by atoms with Crippen molar-refractivity contribution >= 4 is 11.5 Å². The standard InChI is InChI=1S/C26H32N2/c1-16-8-7-9-17(2)24(16)27-25-23-19-13-12-18(14-19)22(23)21-11-6-5-10-20(21)15-26(3,4)28-25/h5-11,18-19,22-23H,12-15H2,1-4H3,(H,27,28)/t18-,19+,22-,23-/m0/s1. The number of rotatable bonds is 1. The number of anilines is 1. The largest absolute Gasteiger partial charge is 0.343 e. The van der Waals surface area contributed by atoms with Crippen LogP contribution in [0.4, 0.5) is 5.69 Å². The van der Waals surface area contributed by atoms with Crippen LogP contribution in [0, 0.1) is 31.6 Å². The summed E-state index contributed by atoms with van der Waals surface area (Å²) in [7, 11) is 0. The summed E-state index contributed by atoms with van der Waals surface area (Å²) < 4.78 is 0. The van der Waals surface area contributed by atoms with Crippen molar-refractivity contribution in [3.05, 3.63) is 64.7 Å². The third kappa shape index (κ3) is 2.89. The second kappa shape index (κ2) is 6.47. The molecule has 2 bridgehead atoms. The van der Waals surface area contributed by atoms with E-state index < -0.39 is 0 Å². The minimum Gasteiger partial charge on any atom is -0.343 e. The van der Waals surface area contributed by atoms with Gasteiger partial charge in [0, 0.05) is 11.6 Å². The first-order valence-electron chi connectivity index (χ1n) is 10.9. The molecule has 2 fully saturated rings. The molecule has 1 aliphatic heterocycles. The molecule has 2 nitrogen and oxygen atoms in total. The highest BCUT2D eigenvalue weighted by molar-refractivity contribution is 6.00. The normalized spacial score (nSPS) is 30.1. The van der Waals surface area contributed by atoms with Gasteiger partial charge in [0.1, 0.15) is 5.84 Å². The van der Waals surface area contributed by atoms with Gasteiger partial charge in [0.25, 0.3) is 0 Å². The second-order valence-electron chi connectivity index (χ2n) is 9.96. The maximum atomic E-state index is 5.41. The summed E-state index contributed by atoms with van der Waals surface area (Å²) >= 11 is 0. The zero-order valence-electron chi connectivity index (χ0n) is 17.6. The summed E-state index contributed by atoms with van der Waals surface area (Å²) in [6.45, 7) is 9.00. The van der Waals surface area contributed by atoms with Crippen LogP contribution in [0.3, 0.4) is 0 Å². The predicted molar refractivity (Wildman–Crippen MR) is 118 cm³/mol. The van der Waals surface area contributed by atoms with E-state index in [1.54, 1.807) is 5.56 Å². The molecule has 2 aromatic rings. The Morgan fingerprint density at radius 1 is 0.893 bits per heavy atom. The molecule has 1 heterocycles. The summed E-state index contributed by atoms with van der Waals surface area (Å²) in [5.41, 5.74) is 6.90. The molecule has 146 valence electrons. The molecule has 2 aromatic carbocycles. The quantitative estimate of drug-likeness (QED) is 0.626. The molecule has 0 spiro atoms. The highest BCUT2D eigenvalue weighted by atomic mass is 15.0. The summed E-state index contributed by atoms with van der Waals surface area (Å²) in [5, 5.41) is 3.88. The van der Waals surface area contributed by atoms with E-state index in [1.165, 1.54) is 47.5 Å². The molecule has 0 radical (unpaired) electrons. The molecule has 1 N–H and O–H groups in total. The minimum absolute atomic E-state index is 0.0954. The maximum Gasteiger partial charge on any atom is 0.105 e. The fourth-order valence-electron chi connectivity index (χ4n) is 6.31. The van der Waals surface area contributed by atoms with Crippen LogP contribution in [0.5, 0.6) is 0 Å². The zero-order chi connectivity index (χ0) is 19.5. The Hall–Kier alpha value is -2.09. The van der Waals surface area contributed by atoms with E-state index in [4.69, 9.17) is 4.99 Å². The van der Waals surface area contributed by atoms with Gasteiger partial charge in [-0.05, 0) is 93.4 Å². The lowest BCUT2D eigenvalue weighted by Crippen LogP contribution is -2.39. The monoisotopic (exact) mass is 372 g/mol. The highest BCUT2D eigenvalue weighted by Gasteiger charge is 2.51. The maximum absolute atomic E-state index is 5.41. The van der Waals surface area contributed by atoms with Crippen LogP contribution >= 0.6 is 0 Å². The summed E-state index contributed by atoms with van der Waals surface area (Å²) in [5.74, 6) is 3.99. The summed E-state index contributed by atoms with van der Waals surface area (Å²) in [6.07, 6.45) is 5.14. The molecule has 0 saturated heterocycles. The number of aliphatic imine (C=N–C) groups is 1. The third-order valence-corrected chi connectivity index (χ3v) is 7.43. The van der Waals surface area contributed by atoms with E-state index in [2.05, 4.69) is 75.5 Å². The van der Waals surface area contributed by atoms with Gasteiger partial charge >= 0.3 is 0 Å². The van der Waals surface area contributed by atoms with Crippen LogP contribution < -0.4 is 5.32 Å². The van der Waals surface area contributed by atoms with Crippen molar-refractivity contribution in [3.63, 3.8) is 0 Å². The Labute approximate surface area is 169 Å². The van der Waals surface area contributed by atoms with Crippen molar-refractivity contribution in [2.45, 2.75) is 64.8 Å². The molecule has 0 aromatic heterocycles. The number of benzene rings is 2. The van der Waals surface area contributed by atoms with Gasteiger partial charge in [0.15, 0.2) is 0 Å². The van der Waals surface area contributed by atoms with E-state index in [9.17, 15) is 0 Å². The molecule has 0 amide bonds. The lowest BCUT2D eigenvalue weighted by atomic mass is 9.71. The average molecular weight is 373 g/mol. The number of hydrogen-bond acceptors (Lipinski definition) is 2. The van der Waals surface area contributed by atoms with Gasteiger partial charge in [0.05, 0.1) is 5.54 Å². The molecule has 5 rings (SSSR count). The third-order valence-electron chi connectivity index (χ3n) is 7.43. The van der Waals surface area contributed by atoms with E-state index in [1.807, 2.05) is 0 Å². The average Bonchev–Trinajstić information content (AvgIpc) is 3.24. The van der Waals surface area contributed by atoms with Gasteiger partial charge < -0.3 is 5.32 Å². The van der Waals surface area contributed by atoms with Crippen LogP contribution in [-0.4, -0.2) is 11.4 Å². The highest BCUT2D eigenvalue weighted by Crippen LogP contribution is 2.58. The molecule has 3 aliphatic rings. The Bertz CT molecular complexity index is 919. The van der Waals surface area contributed by atoms with Crippen molar-refractivity contribution in [2.24, 2.45) is 22.7 Å². The second-order valence-corrected chi connectivity index (χ2v) is 9.96. The fraction of sp³-hybridized carbons (Fsp3) is 0.500. The lowest BCUT2D eigenvalue weighted by molar-refractivity contribution is 0.348. The molecule has 2 heteroatoms. The van der Waals surface area contributed by atoms with Crippen LogP contribution in [0.2, 0.25) is 0 Å². The zero-order valence-corrected chi connectivity index (χ0v) is 17.6. The Balaban J connectivity index is 1.64. The number of nitrogens with one attached hydrogen (secondary N) is 1. The van der Waals surface area contributed by atoms with Crippen molar-refractivity contribution in [2.75, 3.05) is 5.32 Å². The minimum atomic E-state index is -0.0954. The number of para-hydroxylation sites is 1. The molecule has 2 aliphatic carbocycles. The number of nitrogens with zero attached hydrogens (tertiary/aromatic N) is 1. The van der Waals surface area contributed by atoms with Gasteiger partial charge in [-0.15, -0.1) is 0 Å². The molecular weight excluding hydrogens is 340 g/mol. The lowest BCUT2D eigenvalue weighted by Gasteiger charge is -2.38. The molecule has 2 saturated carbocycles. The van der Waals surface area contributed by atoms with Gasteiger partial charge in [-0.1, -0.05) is 42.5 Å². The number of hydrogen-bond donors (Lipinski definition) is 1. The number of fused-ring (bicyclic) bond motifs is 7. The first-order chi connectivity index (χ1) is 13.4. The number of aryl methyl sites for hydroxylation is 2. The first kappa shape index (κ1) is 18.0. The Morgan fingerprint density at radius 2 is 1.57 bits per heavy atom. The van der Waals surface area contributed by atoms with Crippen LogP contribution in [0.15, 0.2) is 47.5 Å². The van der Waals surface area contributed by atoms with Crippen LogP contribution in [0.25, 0.3) is 0 Å². The Kier molecular flexibility index (Phi) is 4.15.